The summed E-state index contributed by atoms with van der Waals surface area (Å²) in [4.78, 5) is 11.1. The zero-order chi connectivity index (χ0) is 15.6. The van der Waals surface area contributed by atoms with Crippen molar-refractivity contribution in [2.75, 3.05) is 0 Å². The number of aryl methyl sites for hydroxylation is 2. The molecule has 21 heavy (non-hydrogen) atoms. The largest absolute Gasteiger partial charge is 0.481 e. The van der Waals surface area contributed by atoms with Gasteiger partial charge in [0.25, 0.3) is 0 Å². The van der Waals surface area contributed by atoms with Crippen molar-refractivity contribution >= 4 is 5.97 Å². The summed E-state index contributed by atoms with van der Waals surface area (Å²) >= 11 is 0. The Morgan fingerprint density at radius 1 is 1.29 bits per heavy atom. The number of tetrazole rings is 1. The zero-order valence-corrected chi connectivity index (χ0v) is 12.7. The number of aromatic nitrogens is 4. The van der Waals surface area contributed by atoms with Gasteiger partial charge in [-0.3, -0.25) is 4.79 Å². The Bertz CT molecular complexity index is 629. The predicted octanol–water partition coefficient (Wildman–Crippen LogP) is 2.63. The van der Waals surface area contributed by atoms with Gasteiger partial charge in [-0.05, 0) is 41.3 Å². The van der Waals surface area contributed by atoms with Gasteiger partial charge in [0.2, 0.25) is 0 Å². The maximum atomic E-state index is 11.1. The maximum Gasteiger partial charge on any atom is 0.305 e. The van der Waals surface area contributed by atoms with Crippen LogP contribution >= 0.6 is 0 Å². The molecule has 6 heteroatoms. The second-order valence-electron chi connectivity index (χ2n) is 5.62. The molecule has 0 amide bonds. The van der Waals surface area contributed by atoms with E-state index in [-0.39, 0.29) is 18.4 Å². The summed E-state index contributed by atoms with van der Waals surface area (Å²) in [5.41, 5.74) is 3.12. The second-order valence-corrected chi connectivity index (χ2v) is 5.62. The molecule has 2 rings (SSSR count). The highest BCUT2D eigenvalue weighted by Gasteiger charge is 2.25. The lowest BCUT2D eigenvalue weighted by molar-refractivity contribution is -0.138. The summed E-state index contributed by atoms with van der Waals surface area (Å²) in [6.07, 6.45) is 0.000630. The molecule has 0 aliphatic heterocycles. The van der Waals surface area contributed by atoms with Crippen LogP contribution in [-0.2, 0) is 4.79 Å². The van der Waals surface area contributed by atoms with Crippen LogP contribution in [0.5, 0.6) is 0 Å². The summed E-state index contributed by atoms with van der Waals surface area (Å²) in [5, 5.41) is 21.1. The summed E-state index contributed by atoms with van der Waals surface area (Å²) in [5.74, 6) is -0.102. The second kappa shape index (κ2) is 6.03. The Balaban J connectivity index is 2.54. The molecule has 0 aliphatic rings. The van der Waals surface area contributed by atoms with Crippen molar-refractivity contribution in [1.29, 1.82) is 0 Å². The number of aliphatic carboxylic acids is 1. The van der Waals surface area contributed by atoms with E-state index < -0.39 is 5.97 Å². The SMILES string of the molecule is Cc1cccc(C)c1-c1nnnn1C(CC(=O)O)C(C)C. The van der Waals surface area contributed by atoms with E-state index in [9.17, 15) is 4.79 Å². The first-order chi connectivity index (χ1) is 9.91. The lowest BCUT2D eigenvalue weighted by Crippen LogP contribution is -2.21. The number of carboxylic acids is 1. The molecule has 1 unspecified atom stereocenters. The molecular weight excluding hydrogens is 268 g/mol. The number of carboxylic acid groups (broad SMARTS) is 1. The number of hydrogen-bond donors (Lipinski definition) is 1. The first-order valence-electron chi connectivity index (χ1n) is 6.98. The normalized spacial score (nSPS) is 12.6. The predicted molar refractivity (Wildman–Crippen MR) is 78.9 cm³/mol. The lowest BCUT2D eigenvalue weighted by atomic mass is 9.99. The standard InChI is InChI=1S/C15H20N4O2/c1-9(2)12(8-13(20)21)19-15(16-17-18-19)14-10(3)6-5-7-11(14)4/h5-7,9,12H,8H2,1-4H3,(H,20,21). The van der Waals surface area contributed by atoms with Crippen LogP contribution < -0.4 is 0 Å². The Kier molecular flexibility index (Phi) is 4.35. The van der Waals surface area contributed by atoms with Gasteiger partial charge in [0.05, 0.1) is 12.5 Å². The molecule has 1 aromatic heterocycles. The van der Waals surface area contributed by atoms with Gasteiger partial charge in [-0.15, -0.1) is 5.10 Å². The molecular formula is C15H20N4O2. The van der Waals surface area contributed by atoms with Gasteiger partial charge in [0, 0.05) is 5.56 Å². The lowest BCUT2D eigenvalue weighted by Gasteiger charge is -2.21. The van der Waals surface area contributed by atoms with E-state index in [0.717, 1.165) is 16.7 Å². The molecule has 2 aromatic rings. The highest BCUT2D eigenvalue weighted by atomic mass is 16.4. The average Bonchev–Trinajstić information content (AvgIpc) is 2.84. The molecule has 1 heterocycles. The van der Waals surface area contributed by atoms with Crippen molar-refractivity contribution in [3.63, 3.8) is 0 Å². The van der Waals surface area contributed by atoms with Gasteiger partial charge in [-0.25, -0.2) is 4.68 Å². The van der Waals surface area contributed by atoms with Crippen molar-refractivity contribution in [2.45, 2.75) is 40.2 Å². The third-order valence-electron chi connectivity index (χ3n) is 3.66. The van der Waals surface area contributed by atoms with Crippen molar-refractivity contribution in [2.24, 2.45) is 5.92 Å². The first-order valence-corrected chi connectivity index (χ1v) is 6.98. The molecule has 1 atom stereocenters. The molecule has 0 spiro atoms. The molecule has 6 nitrogen and oxygen atoms in total. The van der Waals surface area contributed by atoms with Crippen molar-refractivity contribution in [3.8, 4) is 11.4 Å². The Hall–Kier alpha value is -2.24. The third-order valence-corrected chi connectivity index (χ3v) is 3.66. The van der Waals surface area contributed by atoms with Crippen molar-refractivity contribution in [3.05, 3.63) is 29.3 Å². The molecule has 0 saturated carbocycles. The molecule has 1 aromatic carbocycles. The fourth-order valence-corrected chi connectivity index (χ4v) is 2.53. The van der Waals surface area contributed by atoms with Crippen LogP contribution in [0.4, 0.5) is 0 Å². The number of rotatable bonds is 5. The van der Waals surface area contributed by atoms with Crippen LogP contribution in [-0.4, -0.2) is 31.3 Å². The minimum atomic E-state index is -0.850. The summed E-state index contributed by atoms with van der Waals surface area (Å²) in [6, 6.07) is 5.72. The summed E-state index contributed by atoms with van der Waals surface area (Å²) in [6.45, 7) is 7.96. The number of benzene rings is 1. The fraction of sp³-hybridized carbons (Fsp3) is 0.467. The third kappa shape index (κ3) is 3.09. The van der Waals surface area contributed by atoms with Gasteiger partial charge in [0.15, 0.2) is 5.82 Å². The van der Waals surface area contributed by atoms with Crippen molar-refractivity contribution in [1.82, 2.24) is 20.2 Å². The number of nitrogens with zero attached hydrogens (tertiary/aromatic N) is 4. The van der Waals surface area contributed by atoms with Crippen LogP contribution in [0, 0.1) is 19.8 Å². The highest BCUT2D eigenvalue weighted by Crippen LogP contribution is 2.30. The van der Waals surface area contributed by atoms with Crippen LogP contribution in [0.15, 0.2) is 18.2 Å². The minimum absolute atomic E-state index is 0.000630. The van der Waals surface area contributed by atoms with Gasteiger partial charge >= 0.3 is 5.97 Å². The van der Waals surface area contributed by atoms with Gasteiger partial charge in [0.1, 0.15) is 0 Å². The molecule has 0 radical (unpaired) electrons. The Morgan fingerprint density at radius 2 is 1.90 bits per heavy atom. The van der Waals surface area contributed by atoms with Crippen LogP contribution in [0.3, 0.4) is 0 Å². The van der Waals surface area contributed by atoms with E-state index in [0.29, 0.717) is 5.82 Å². The molecule has 0 bridgehead atoms. The van der Waals surface area contributed by atoms with E-state index in [1.54, 1.807) is 4.68 Å². The van der Waals surface area contributed by atoms with Gasteiger partial charge in [-0.1, -0.05) is 32.0 Å². The Morgan fingerprint density at radius 3 is 2.43 bits per heavy atom. The topological polar surface area (TPSA) is 80.9 Å². The number of hydrogen-bond acceptors (Lipinski definition) is 4. The van der Waals surface area contributed by atoms with E-state index in [1.165, 1.54) is 0 Å². The van der Waals surface area contributed by atoms with E-state index in [4.69, 9.17) is 5.11 Å². The molecule has 0 aliphatic carbocycles. The Labute approximate surface area is 123 Å². The summed E-state index contributed by atoms with van der Waals surface area (Å²) in [7, 11) is 0. The van der Waals surface area contributed by atoms with Crippen LogP contribution in [0.2, 0.25) is 0 Å². The fourth-order valence-electron chi connectivity index (χ4n) is 2.53. The number of carbonyl (C=O) groups is 1. The summed E-state index contributed by atoms with van der Waals surface area (Å²) < 4.78 is 1.65. The van der Waals surface area contributed by atoms with Crippen molar-refractivity contribution < 1.29 is 9.90 Å². The zero-order valence-electron chi connectivity index (χ0n) is 12.7. The van der Waals surface area contributed by atoms with Crippen LogP contribution in [0.25, 0.3) is 11.4 Å². The van der Waals surface area contributed by atoms with Crippen LogP contribution in [0.1, 0.15) is 37.4 Å². The first kappa shape index (κ1) is 15.2. The molecule has 0 fully saturated rings. The molecule has 112 valence electrons. The smallest absolute Gasteiger partial charge is 0.305 e. The average molecular weight is 288 g/mol. The quantitative estimate of drug-likeness (QED) is 0.914. The minimum Gasteiger partial charge on any atom is -0.481 e. The van der Waals surface area contributed by atoms with E-state index >= 15 is 0 Å². The highest BCUT2D eigenvalue weighted by molar-refractivity contribution is 5.68. The molecule has 0 saturated heterocycles. The monoisotopic (exact) mass is 288 g/mol. The van der Waals surface area contributed by atoms with Gasteiger partial charge in [-0.2, -0.15) is 0 Å². The van der Waals surface area contributed by atoms with E-state index in [2.05, 4.69) is 15.5 Å². The molecule has 1 N–H and O–H groups in total. The van der Waals surface area contributed by atoms with E-state index in [1.807, 2.05) is 45.9 Å². The van der Waals surface area contributed by atoms with Gasteiger partial charge < -0.3 is 5.11 Å². The maximum absolute atomic E-state index is 11.1.